The van der Waals surface area contributed by atoms with Crippen molar-refractivity contribution in [2.75, 3.05) is 17.7 Å². The third-order valence-corrected chi connectivity index (χ3v) is 5.42. The van der Waals surface area contributed by atoms with E-state index in [9.17, 15) is 4.39 Å². The largest absolute Gasteiger partial charge is 0.497 e. The van der Waals surface area contributed by atoms with E-state index in [1.54, 1.807) is 19.2 Å². The highest BCUT2D eigenvalue weighted by atomic mass is 19.1. The van der Waals surface area contributed by atoms with Gasteiger partial charge in [-0.3, -0.25) is 0 Å². The van der Waals surface area contributed by atoms with Gasteiger partial charge in [-0.05, 0) is 69.6 Å². The molecule has 2 aliphatic rings. The van der Waals surface area contributed by atoms with Gasteiger partial charge in [0.05, 0.1) is 12.7 Å². The second kappa shape index (κ2) is 7.29. The molecule has 2 atom stereocenters. The number of ether oxygens (including phenoxy) is 1. The van der Waals surface area contributed by atoms with Crippen molar-refractivity contribution in [3.8, 4) is 17.1 Å². The van der Waals surface area contributed by atoms with E-state index >= 15 is 0 Å². The molecule has 0 spiro atoms. The van der Waals surface area contributed by atoms with Crippen LogP contribution in [-0.4, -0.2) is 34.1 Å². The monoisotopic (exact) mass is 371 g/mol. The van der Waals surface area contributed by atoms with Gasteiger partial charge in [-0.1, -0.05) is 0 Å². The fourth-order valence-corrected chi connectivity index (χ4v) is 3.26. The normalized spacial score (nSPS) is 18.7. The first kappa shape index (κ1) is 17.9. The summed E-state index contributed by atoms with van der Waals surface area (Å²) in [4.78, 5) is 13.5. The third-order valence-electron chi connectivity index (χ3n) is 5.42. The Kier molecular flexibility index (Phi) is 4.85. The number of hydrogen-bond acceptors (Lipinski definition) is 6. The van der Waals surface area contributed by atoms with Crippen molar-refractivity contribution in [2.24, 2.45) is 11.8 Å². The van der Waals surface area contributed by atoms with Crippen LogP contribution in [0.1, 0.15) is 39.5 Å². The van der Waals surface area contributed by atoms with Crippen LogP contribution in [0.5, 0.6) is 5.75 Å². The van der Waals surface area contributed by atoms with Crippen molar-refractivity contribution in [1.29, 1.82) is 0 Å². The lowest BCUT2D eigenvalue weighted by atomic mass is 10.2. The summed E-state index contributed by atoms with van der Waals surface area (Å²) >= 11 is 0. The molecule has 2 fully saturated rings. The Hall–Kier alpha value is -2.44. The van der Waals surface area contributed by atoms with Gasteiger partial charge in [0.25, 0.3) is 0 Å². The van der Waals surface area contributed by atoms with Crippen LogP contribution in [0.3, 0.4) is 0 Å². The lowest BCUT2D eigenvalue weighted by Gasteiger charge is -2.17. The highest BCUT2D eigenvalue weighted by molar-refractivity contribution is 5.61. The van der Waals surface area contributed by atoms with Crippen LogP contribution >= 0.6 is 0 Å². The molecule has 27 heavy (non-hydrogen) atoms. The zero-order valence-electron chi connectivity index (χ0n) is 16.0. The summed E-state index contributed by atoms with van der Waals surface area (Å²) in [5.74, 6) is 2.75. The maximum absolute atomic E-state index is 14.5. The summed E-state index contributed by atoms with van der Waals surface area (Å²) in [7, 11) is 1.55. The van der Waals surface area contributed by atoms with E-state index in [-0.39, 0.29) is 17.9 Å². The van der Waals surface area contributed by atoms with E-state index in [1.165, 1.54) is 31.7 Å². The molecular formula is C20H26FN5O. The highest BCUT2D eigenvalue weighted by Crippen LogP contribution is 2.35. The number of nitrogens with zero attached hydrogens (tertiary/aromatic N) is 3. The molecule has 0 amide bonds. The van der Waals surface area contributed by atoms with Crippen molar-refractivity contribution in [3.63, 3.8) is 0 Å². The molecule has 0 radical (unpaired) electrons. The van der Waals surface area contributed by atoms with Gasteiger partial charge in [0.15, 0.2) is 5.82 Å². The number of halogens is 1. The van der Waals surface area contributed by atoms with Gasteiger partial charge in [0, 0.05) is 12.1 Å². The van der Waals surface area contributed by atoms with Gasteiger partial charge in [-0.25, -0.2) is 4.39 Å². The number of aromatic nitrogens is 3. The molecule has 0 aliphatic heterocycles. The minimum atomic E-state index is -0.385. The minimum Gasteiger partial charge on any atom is -0.497 e. The quantitative estimate of drug-likeness (QED) is 0.728. The van der Waals surface area contributed by atoms with E-state index in [2.05, 4.69) is 39.4 Å². The van der Waals surface area contributed by atoms with E-state index in [4.69, 9.17) is 4.74 Å². The van der Waals surface area contributed by atoms with Crippen LogP contribution in [0.15, 0.2) is 18.2 Å². The molecule has 2 aliphatic carbocycles. The van der Waals surface area contributed by atoms with E-state index in [0.717, 1.165) is 0 Å². The Morgan fingerprint density at radius 2 is 1.52 bits per heavy atom. The topological polar surface area (TPSA) is 72.0 Å². The minimum absolute atomic E-state index is 0.282. The number of hydrogen-bond donors (Lipinski definition) is 2. The average Bonchev–Trinajstić information content (AvgIpc) is 3.54. The molecule has 2 saturated carbocycles. The van der Waals surface area contributed by atoms with Gasteiger partial charge >= 0.3 is 0 Å². The van der Waals surface area contributed by atoms with Crippen molar-refractivity contribution in [1.82, 2.24) is 15.0 Å². The van der Waals surface area contributed by atoms with Crippen LogP contribution < -0.4 is 15.4 Å². The van der Waals surface area contributed by atoms with Crippen LogP contribution in [0.25, 0.3) is 11.4 Å². The molecule has 144 valence electrons. The standard InChI is InChI=1S/C20H26FN5O/c1-11(13-4-5-13)22-19-24-18(16-10-15(27-3)8-9-17(16)21)25-20(26-19)23-12(2)14-6-7-14/h8-14H,4-7H2,1-3H3,(H2,22,23,24,25,26). The fourth-order valence-electron chi connectivity index (χ4n) is 3.26. The zero-order valence-corrected chi connectivity index (χ0v) is 16.0. The van der Waals surface area contributed by atoms with Crippen LogP contribution in [0.2, 0.25) is 0 Å². The molecule has 2 N–H and O–H groups in total. The molecular weight excluding hydrogens is 345 g/mol. The molecule has 2 unspecified atom stereocenters. The predicted octanol–water partition coefficient (Wildman–Crippen LogP) is 4.11. The molecule has 0 bridgehead atoms. The lowest BCUT2D eigenvalue weighted by Crippen LogP contribution is -2.23. The number of anilines is 2. The predicted molar refractivity (Wildman–Crippen MR) is 103 cm³/mol. The van der Waals surface area contributed by atoms with Crippen molar-refractivity contribution < 1.29 is 9.13 Å². The molecule has 1 heterocycles. The van der Waals surface area contributed by atoms with Gasteiger partial charge in [-0.2, -0.15) is 15.0 Å². The molecule has 2 aromatic rings. The van der Waals surface area contributed by atoms with Crippen molar-refractivity contribution >= 4 is 11.9 Å². The van der Waals surface area contributed by atoms with Gasteiger partial charge in [0.1, 0.15) is 11.6 Å². The molecule has 6 nitrogen and oxygen atoms in total. The first-order chi connectivity index (χ1) is 13.0. The van der Waals surface area contributed by atoms with Gasteiger partial charge in [0.2, 0.25) is 11.9 Å². The first-order valence-corrected chi connectivity index (χ1v) is 9.66. The number of nitrogens with one attached hydrogen (secondary N) is 2. The Labute approximate surface area is 159 Å². The highest BCUT2D eigenvalue weighted by Gasteiger charge is 2.30. The van der Waals surface area contributed by atoms with Crippen LogP contribution in [0.4, 0.5) is 16.3 Å². The van der Waals surface area contributed by atoms with E-state index in [0.29, 0.717) is 40.9 Å². The summed E-state index contributed by atoms with van der Waals surface area (Å²) < 4.78 is 19.7. The SMILES string of the molecule is COc1ccc(F)c(-c2nc(NC(C)C3CC3)nc(NC(C)C3CC3)n2)c1. The second-order valence-corrected chi connectivity index (χ2v) is 7.69. The van der Waals surface area contributed by atoms with Crippen molar-refractivity contribution in [3.05, 3.63) is 24.0 Å². The first-order valence-electron chi connectivity index (χ1n) is 9.66. The van der Waals surface area contributed by atoms with Crippen LogP contribution in [-0.2, 0) is 0 Å². The molecule has 0 saturated heterocycles. The molecule has 1 aromatic heterocycles. The third kappa shape index (κ3) is 4.28. The summed E-state index contributed by atoms with van der Waals surface area (Å²) in [6.07, 6.45) is 4.89. The fraction of sp³-hybridized carbons (Fsp3) is 0.550. The molecule has 4 rings (SSSR count). The summed E-state index contributed by atoms with van der Waals surface area (Å²) in [6, 6.07) is 5.14. The van der Waals surface area contributed by atoms with E-state index in [1.807, 2.05) is 0 Å². The smallest absolute Gasteiger partial charge is 0.228 e. The number of rotatable bonds is 8. The maximum Gasteiger partial charge on any atom is 0.228 e. The van der Waals surface area contributed by atoms with Gasteiger partial charge in [-0.15, -0.1) is 0 Å². The molecule has 1 aromatic carbocycles. The number of methoxy groups -OCH3 is 1. The van der Waals surface area contributed by atoms with Gasteiger partial charge < -0.3 is 15.4 Å². The lowest BCUT2D eigenvalue weighted by molar-refractivity contribution is 0.414. The Morgan fingerprint density at radius 3 is 2.00 bits per heavy atom. The maximum atomic E-state index is 14.5. The Balaban J connectivity index is 1.67. The second-order valence-electron chi connectivity index (χ2n) is 7.69. The Bertz CT molecular complexity index is 784. The summed E-state index contributed by atoms with van der Waals surface area (Å²) in [5, 5.41) is 6.73. The Morgan fingerprint density at radius 1 is 0.963 bits per heavy atom. The average molecular weight is 371 g/mol. The molecule has 7 heteroatoms. The van der Waals surface area contributed by atoms with Crippen LogP contribution in [0, 0.1) is 17.7 Å². The summed E-state index contributed by atoms with van der Waals surface area (Å²) in [6.45, 7) is 4.26. The summed E-state index contributed by atoms with van der Waals surface area (Å²) in [5.41, 5.74) is 0.306. The van der Waals surface area contributed by atoms with E-state index < -0.39 is 0 Å². The number of benzene rings is 1. The zero-order chi connectivity index (χ0) is 19.0. The van der Waals surface area contributed by atoms with Crippen molar-refractivity contribution in [2.45, 2.75) is 51.6 Å².